The number of aliphatic imine (C=N–C) groups is 1. The predicted octanol–water partition coefficient (Wildman–Crippen LogP) is 2.41. The first kappa shape index (κ1) is 19.7. The first-order chi connectivity index (χ1) is 11.3. The molecule has 24 heavy (non-hydrogen) atoms. The van der Waals surface area contributed by atoms with Crippen LogP contribution in [0.3, 0.4) is 0 Å². The van der Waals surface area contributed by atoms with E-state index in [-0.39, 0.29) is 5.82 Å². The molecular weight excluding hydrogens is 311 g/mol. The second kappa shape index (κ2) is 9.75. The number of rotatable bonds is 6. The van der Waals surface area contributed by atoms with E-state index in [9.17, 15) is 9.18 Å². The third-order valence-electron chi connectivity index (χ3n) is 2.89. The smallest absolute Gasteiger partial charge is 0.407 e. The van der Waals surface area contributed by atoms with Gasteiger partial charge in [-0.3, -0.25) is 4.99 Å². The summed E-state index contributed by atoms with van der Waals surface area (Å²) in [6, 6.07) is 6.40. The van der Waals surface area contributed by atoms with Crippen LogP contribution in [-0.2, 0) is 11.3 Å². The molecule has 134 valence electrons. The molecule has 1 rings (SSSR count). The summed E-state index contributed by atoms with van der Waals surface area (Å²) in [5.41, 5.74) is 0.343. The molecule has 3 N–H and O–H groups in total. The van der Waals surface area contributed by atoms with Crippen molar-refractivity contribution in [3.63, 3.8) is 0 Å². The van der Waals surface area contributed by atoms with Gasteiger partial charge in [0.05, 0.1) is 0 Å². The Morgan fingerprint density at radius 3 is 2.54 bits per heavy atom. The molecule has 1 aromatic rings. The van der Waals surface area contributed by atoms with Gasteiger partial charge in [-0.2, -0.15) is 0 Å². The Hall–Kier alpha value is -2.31. The van der Waals surface area contributed by atoms with Crippen LogP contribution in [0.15, 0.2) is 29.3 Å². The Kier molecular flexibility index (Phi) is 8.01. The van der Waals surface area contributed by atoms with Gasteiger partial charge in [0.2, 0.25) is 0 Å². The molecule has 0 aliphatic rings. The summed E-state index contributed by atoms with van der Waals surface area (Å²) in [7, 11) is 1.67. The van der Waals surface area contributed by atoms with Crippen molar-refractivity contribution in [2.45, 2.75) is 39.3 Å². The van der Waals surface area contributed by atoms with Crippen LogP contribution in [0.4, 0.5) is 9.18 Å². The molecule has 0 saturated heterocycles. The van der Waals surface area contributed by atoms with Crippen LogP contribution in [0.1, 0.15) is 32.8 Å². The maximum absolute atomic E-state index is 13.1. The van der Waals surface area contributed by atoms with Crippen molar-refractivity contribution in [1.82, 2.24) is 16.0 Å². The van der Waals surface area contributed by atoms with Crippen molar-refractivity contribution >= 4 is 12.1 Å². The normalized spacial score (nSPS) is 11.8. The van der Waals surface area contributed by atoms with Gasteiger partial charge in [-0.1, -0.05) is 12.1 Å². The minimum Gasteiger partial charge on any atom is -0.444 e. The molecule has 0 bridgehead atoms. The number of benzene rings is 1. The third-order valence-corrected chi connectivity index (χ3v) is 2.89. The molecule has 0 aliphatic heterocycles. The van der Waals surface area contributed by atoms with E-state index in [1.807, 2.05) is 26.8 Å². The van der Waals surface area contributed by atoms with Crippen LogP contribution < -0.4 is 16.0 Å². The van der Waals surface area contributed by atoms with Gasteiger partial charge < -0.3 is 20.7 Å². The molecule has 6 nitrogen and oxygen atoms in total. The Morgan fingerprint density at radius 2 is 1.92 bits per heavy atom. The maximum Gasteiger partial charge on any atom is 0.407 e. The summed E-state index contributed by atoms with van der Waals surface area (Å²) < 4.78 is 18.3. The second-order valence-corrected chi connectivity index (χ2v) is 6.26. The maximum atomic E-state index is 13.1. The molecule has 1 amide bonds. The number of alkyl carbamates (subject to hydrolysis) is 1. The van der Waals surface area contributed by atoms with Gasteiger partial charge in [0.1, 0.15) is 11.4 Å². The van der Waals surface area contributed by atoms with Crippen molar-refractivity contribution in [1.29, 1.82) is 0 Å². The lowest BCUT2D eigenvalue weighted by Crippen LogP contribution is -2.39. The number of carbonyl (C=O) groups is 1. The fourth-order valence-corrected chi connectivity index (χ4v) is 1.85. The van der Waals surface area contributed by atoms with Gasteiger partial charge in [0, 0.05) is 26.7 Å². The summed E-state index contributed by atoms with van der Waals surface area (Å²) in [5, 5.41) is 8.93. The quantitative estimate of drug-likeness (QED) is 0.423. The van der Waals surface area contributed by atoms with Crippen molar-refractivity contribution in [3.05, 3.63) is 35.6 Å². The van der Waals surface area contributed by atoms with Gasteiger partial charge in [-0.15, -0.1) is 0 Å². The van der Waals surface area contributed by atoms with Gasteiger partial charge in [-0.25, -0.2) is 9.18 Å². The predicted molar refractivity (Wildman–Crippen MR) is 93.5 cm³/mol. The monoisotopic (exact) mass is 338 g/mol. The molecule has 0 saturated carbocycles. The van der Waals surface area contributed by atoms with E-state index < -0.39 is 11.7 Å². The molecule has 0 heterocycles. The van der Waals surface area contributed by atoms with E-state index in [2.05, 4.69) is 20.9 Å². The van der Waals surface area contributed by atoms with Crippen LogP contribution in [0.25, 0.3) is 0 Å². The van der Waals surface area contributed by atoms with Crippen LogP contribution in [0.2, 0.25) is 0 Å². The summed E-state index contributed by atoms with van der Waals surface area (Å²) in [6.45, 7) is 7.09. The summed E-state index contributed by atoms with van der Waals surface area (Å²) in [6.07, 6.45) is 0.302. The number of hydrogen-bond acceptors (Lipinski definition) is 3. The lowest BCUT2D eigenvalue weighted by molar-refractivity contribution is 0.0527. The van der Waals surface area contributed by atoms with Crippen LogP contribution in [0.5, 0.6) is 0 Å². The zero-order valence-corrected chi connectivity index (χ0v) is 14.8. The number of carbonyl (C=O) groups excluding carboxylic acids is 1. The van der Waals surface area contributed by atoms with E-state index in [0.29, 0.717) is 25.6 Å². The minimum absolute atomic E-state index is 0.259. The van der Waals surface area contributed by atoms with E-state index >= 15 is 0 Å². The molecule has 0 unspecified atom stereocenters. The van der Waals surface area contributed by atoms with E-state index in [0.717, 1.165) is 12.0 Å². The average molecular weight is 338 g/mol. The second-order valence-electron chi connectivity index (χ2n) is 6.26. The summed E-state index contributed by atoms with van der Waals surface area (Å²) in [4.78, 5) is 15.6. The van der Waals surface area contributed by atoms with E-state index in [1.54, 1.807) is 13.1 Å². The zero-order valence-electron chi connectivity index (χ0n) is 14.8. The molecule has 0 aromatic heterocycles. The topological polar surface area (TPSA) is 74.8 Å². The molecule has 0 radical (unpaired) electrons. The SMILES string of the molecule is CN=C(NCCCNC(=O)OC(C)(C)C)NCc1cccc(F)c1. The molecule has 7 heteroatoms. The first-order valence-corrected chi connectivity index (χ1v) is 7.96. The first-order valence-electron chi connectivity index (χ1n) is 7.96. The molecular formula is C17H27FN4O2. The highest BCUT2D eigenvalue weighted by Crippen LogP contribution is 2.06. The highest BCUT2D eigenvalue weighted by atomic mass is 19.1. The number of halogens is 1. The van der Waals surface area contributed by atoms with Gasteiger partial charge in [0.15, 0.2) is 5.96 Å². The Morgan fingerprint density at radius 1 is 1.21 bits per heavy atom. The van der Waals surface area contributed by atoms with Crippen molar-refractivity contribution in [2.75, 3.05) is 20.1 Å². The van der Waals surface area contributed by atoms with E-state index in [1.165, 1.54) is 12.1 Å². The molecule has 1 aromatic carbocycles. The van der Waals surface area contributed by atoms with Crippen LogP contribution >= 0.6 is 0 Å². The molecule has 0 aliphatic carbocycles. The number of amides is 1. The Balaban J connectivity index is 2.19. The summed E-state index contributed by atoms with van der Waals surface area (Å²) >= 11 is 0. The lowest BCUT2D eigenvalue weighted by Gasteiger charge is -2.19. The highest BCUT2D eigenvalue weighted by molar-refractivity contribution is 5.79. The minimum atomic E-state index is -0.495. The number of hydrogen-bond donors (Lipinski definition) is 3. The van der Waals surface area contributed by atoms with Gasteiger partial charge in [0.25, 0.3) is 0 Å². The fourth-order valence-electron chi connectivity index (χ4n) is 1.85. The number of ether oxygens (including phenoxy) is 1. The van der Waals surface area contributed by atoms with E-state index in [4.69, 9.17) is 4.74 Å². The third kappa shape index (κ3) is 8.97. The van der Waals surface area contributed by atoms with Crippen molar-refractivity contribution in [3.8, 4) is 0 Å². The Labute approximate surface area is 142 Å². The highest BCUT2D eigenvalue weighted by Gasteiger charge is 2.15. The Bertz CT molecular complexity index is 556. The van der Waals surface area contributed by atoms with Crippen LogP contribution in [-0.4, -0.2) is 37.8 Å². The summed E-state index contributed by atoms with van der Waals surface area (Å²) in [5.74, 6) is 0.363. The van der Waals surface area contributed by atoms with Crippen molar-refractivity contribution in [2.24, 2.45) is 4.99 Å². The standard InChI is InChI=1S/C17H27FN4O2/c1-17(2,3)24-16(23)21-10-6-9-20-15(19-4)22-12-13-7-5-8-14(18)11-13/h5,7-8,11H,6,9-10,12H2,1-4H3,(H,21,23)(H2,19,20,22). The number of nitrogens with zero attached hydrogens (tertiary/aromatic N) is 1. The average Bonchev–Trinajstić information content (AvgIpc) is 2.48. The number of nitrogens with one attached hydrogen (secondary N) is 3. The largest absolute Gasteiger partial charge is 0.444 e. The van der Waals surface area contributed by atoms with Crippen molar-refractivity contribution < 1.29 is 13.9 Å². The zero-order chi connectivity index (χ0) is 18.0. The molecule has 0 atom stereocenters. The van der Waals surface area contributed by atoms with Gasteiger partial charge in [-0.05, 0) is 44.9 Å². The van der Waals surface area contributed by atoms with Crippen LogP contribution in [0, 0.1) is 5.82 Å². The molecule has 0 fully saturated rings. The van der Waals surface area contributed by atoms with Gasteiger partial charge >= 0.3 is 6.09 Å². The number of guanidine groups is 1. The fraction of sp³-hybridized carbons (Fsp3) is 0.529. The lowest BCUT2D eigenvalue weighted by atomic mass is 10.2. The molecule has 0 spiro atoms.